The minimum absolute atomic E-state index is 0.0451. The van der Waals surface area contributed by atoms with Crippen molar-refractivity contribution in [3.8, 4) is 0 Å². The number of aromatic nitrogens is 1. The summed E-state index contributed by atoms with van der Waals surface area (Å²) in [7, 11) is 0. The Hall–Kier alpha value is -3.72. The number of amides is 2. The second kappa shape index (κ2) is 10.5. The van der Waals surface area contributed by atoms with E-state index in [-0.39, 0.29) is 30.6 Å². The number of ketones is 1. The van der Waals surface area contributed by atoms with E-state index >= 15 is 0 Å². The number of hydrogen-bond donors (Lipinski definition) is 2. The van der Waals surface area contributed by atoms with Crippen molar-refractivity contribution in [3.05, 3.63) is 81.3 Å². The van der Waals surface area contributed by atoms with Gasteiger partial charge in [0, 0.05) is 29.1 Å². The lowest BCUT2D eigenvalue weighted by Crippen LogP contribution is -2.26. The molecule has 0 atom stereocenters. The second-order valence-electron chi connectivity index (χ2n) is 6.99. The number of rotatable bonds is 9. The third-order valence-electron chi connectivity index (χ3n) is 4.70. The number of hydrogen-bond acceptors (Lipinski definition) is 6. The molecule has 1 aromatic carbocycles. The Labute approximate surface area is 189 Å². The highest BCUT2D eigenvalue weighted by Crippen LogP contribution is 2.15. The van der Waals surface area contributed by atoms with Gasteiger partial charge in [0.1, 0.15) is 0 Å². The highest BCUT2D eigenvalue weighted by molar-refractivity contribution is 7.12. The van der Waals surface area contributed by atoms with Crippen LogP contribution < -0.4 is 10.7 Å². The Morgan fingerprint density at radius 1 is 1.00 bits per heavy atom. The van der Waals surface area contributed by atoms with Crippen molar-refractivity contribution in [3.63, 3.8) is 0 Å². The number of carbonyl (C=O) groups is 4. The van der Waals surface area contributed by atoms with E-state index in [0.29, 0.717) is 27.4 Å². The van der Waals surface area contributed by atoms with Gasteiger partial charge < -0.3 is 10.1 Å². The van der Waals surface area contributed by atoms with Gasteiger partial charge in [-0.25, -0.2) is 0 Å². The van der Waals surface area contributed by atoms with Gasteiger partial charge in [0.15, 0.2) is 6.61 Å². The Morgan fingerprint density at radius 3 is 2.44 bits per heavy atom. The minimum Gasteiger partial charge on any atom is -0.457 e. The number of carbonyl (C=O) groups excluding carboxylic acids is 4. The van der Waals surface area contributed by atoms with E-state index in [1.165, 1.54) is 16.0 Å². The fourth-order valence-corrected chi connectivity index (χ4v) is 3.68. The molecule has 9 heteroatoms. The van der Waals surface area contributed by atoms with E-state index in [0.717, 1.165) is 0 Å². The maximum absolute atomic E-state index is 12.6. The van der Waals surface area contributed by atoms with Crippen molar-refractivity contribution in [1.29, 1.82) is 0 Å². The standard InChI is InChI=1S/C23H23N3O5S/c1-15-13-18(16(2)26(15)25-22(29)17-7-4-3-5-8-17)19(27)14-31-21(28)10-11-24-23(30)20-9-6-12-32-20/h3-9,12-13H,10-11,14H2,1-2H3,(H,24,30)(H,25,29). The van der Waals surface area contributed by atoms with Crippen LogP contribution in [0, 0.1) is 13.8 Å². The molecule has 32 heavy (non-hydrogen) atoms. The van der Waals surface area contributed by atoms with Gasteiger partial charge in [-0.1, -0.05) is 24.3 Å². The van der Waals surface area contributed by atoms with Gasteiger partial charge in [-0.05, 0) is 43.5 Å². The van der Waals surface area contributed by atoms with E-state index in [9.17, 15) is 19.2 Å². The van der Waals surface area contributed by atoms with Crippen LogP contribution >= 0.6 is 11.3 Å². The van der Waals surface area contributed by atoms with Crippen LogP contribution in [-0.4, -0.2) is 41.4 Å². The summed E-state index contributed by atoms with van der Waals surface area (Å²) in [4.78, 5) is 49.3. The fourth-order valence-electron chi connectivity index (χ4n) is 3.04. The molecule has 0 aliphatic heterocycles. The van der Waals surface area contributed by atoms with Crippen LogP contribution in [0.4, 0.5) is 0 Å². The molecule has 3 aromatic rings. The highest BCUT2D eigenvalue weighted by Gasteiger charge is 2.19. The number of benzene rings is 1. The molecule has 0 bridgehead atoms. The van der Waals surface area contributed by atoms with Crippen molar-refractivity contribution in [2.45, 2.75) is 20.3 Å². The molecular formula is C23H23N3O5S. The van der Waals surface area contributed by atoms with E-state index in [1.807, 2.05) is 6.07 Å². The van der Waals surface area contributed by atoms with Crippen LogP contribution in [0.5, 0.6) is 0 Å². The fraction of sp³-hybridized carbons (Fsp3) is 0.217. The van der Waals surface area contributed by atoms with Crippen molar-refractivity contribution >= 4 is 34.9 Å². The maximum atomic E-state index is 12.6. The van der Waals surface area contributed by atoms with E-state index in [4.69, 9.17) is 4.74 Å². The molecule has 2 heterocycles. The highest BCUT2D eigenvalue weighted by atomic mass is 32.1. The first-order valence-corrected chi connectivity index (χ1v) is 10.8. The molecule has 2 aromatic heterocycles. The van der Waals surface area contributed by atoms with Crippen molar-refractivity contribution in [2.75, 3.05) is 18.6 Å². The molecule has 0 radical (unpaired) electrons. The van der Waals surface area contributed by atoms with E-state index in [1.54, 1.807) is 61.7 Å². The number of Topliss-reactive ketones (excluding diaryl/α,β-unsaturated/α-hetero) is 1. The molecule has 3 rings (SSSR count). The molecule has 0 saturated carbocycles. The molecular weight excluding hydrogens is 430 g/mol. The van der Waals surface area contributed by atoms with Crippen molar-refractivity contribution < 1.29 is 23.9 Å². The number of nitrogens with one attached hydrogen (secondary N) is 2. The smallest absolute Gasteiger partial charge is 0.308 e. The van der Waals surface area contributed by atoms with Crippen LogP contribution in [0.1, 0.15) is 48.2 Å². The third kappa shape index (κ3) is 5.70. The first kappa shape index (κ1) is 23.0. The zero-order valence-electron chi connectivity index (χ0n) is 17.7. The summed E-state index contributed by atoms with van der Waals surface area (Å²) in [5.41, 5.74) is 4.82. The predicted molar refractivity (Wildman–Crippen MR) is 121 cm³/mol. The van der Waals surface area contributed by atoms with E-state index in [2.05, 4.69) is 10.7 Å². The SMILES string of the molecule is Cc1cc(C(=O)COC(=O)CCNC(=O)c2cccs2)c(C)n1NC(=O)c1ccccc1. The first-order chi connectivity index (χ1) is 15.4. The van der Waals surface area contributed by atoms with Gasteiger partial charge in [0.2, 0.25) is 5.78 Å². The Morgan fingerprint density at radius 2 is 1.75 bits per heavy atom. The van der Waals surface area contributed by atoms with Crippen LogP contribution in [-0.2, 0) is 9.53 Å². The number of aryl methyl sites for hydroxylation is 1. The van der Waals surface area contributed by atoms with Gasteiger partial charge in [-0.3, -0.25) is 29.3 Å². The molecule has 2 amide bonds. The third-order valence-corrected chi connectivity index (χ3v) is 5.57. The molecule has 0 saturated heterocycles. The summed E-state index contributed by atoms with van der Waals surface area (Å²) in [6.07, 6.45) is -0.0451. The number of ether oxygens (including phenoxy) is 1. The molecule has 166 valence electrons. The summed E-state index contributed by atoms with van der Waals surface area (Å²) >= 11 is 1.31. The number of nitrogens with zero attached hydrogens (tertiary/aromatic N) is 1. The normalized spacial score (nSPS) is 10.4. The van der Waals surface area contributed by atoms with Crippen molar-refractivity contribution in [2.24, 2.45) is 0 Å². The Bertz CT molecular complexity index is 1120. The zero-order chi connectivity index (χ0) is 23.1. The van der Waals surface area contributed by atoms with Gasteiger partial charge in [0.05, 0.1) is 11.3 Å². The topological polar surface area (TPSA) is 106 Å². The lowest BCUT2D eigenvalue weighted by molar-refractivity contribution is -0.142. The lowest BCUT2D eigenvalue weighted by Gasteiger charge is -2.11. The largest absolute Gasteiger partial charge is 0.457 e. The molecule has 0 fully saturated rings. The van der Waals surface area contributed by atoms with Gasteiger partial charge in [-0.15, -0.1) is 11.3 Å². The number of thiophene rings is 1. The average molecular weight is 454 g/mol. The van der Waals surface area contributed by atoms with Gasteiger partial charge in [-0.2, -0.15) is 0 Å². The maximum Gasteiger partial charge on any atom is 0.308 e. The summed E-state index contributed by atoms with van der Waals surface area (Å²) in [6, 6.07) is 13.8. The summed E-state index contributed by atoms with van der Waals surface area (Å²) in [5, 5.41) is 4.42. The molecule has 0 spiro atoms. The molecule has 0 unspecified atom stereocenters. The quantitative estimate of drug-likeness (QED) is 0.383. The van der Waals surface area contributed by atoms with Gasteiger partial charge >= 0.3 is 5.97 Å². The molecule has 0 aliphatic rings. The Balaban J connectivity index is 1.50. The average Bonchev–Trinajstić information content (AvgIpc) is 3.42. The summed E-state index contributed by atoms with van der Waals surface area (Å²) in [6.45, 7) is 3.16. The minimum atomic E-state index is -0.587. The molecule has 8 nitrogen and oxygen atoms in total. The molecule has 2 N–H and O–H groups in total. The number of esters is 1. The Kier molecular flexibility index (Phi) is 7.56. The van der Waals surface area contributed by atoms with Crippen LogP contribution in [0.3, 0.4) is 0 Å². The summed E-state index contributed by atoms with van der Waals surface area (Å²) < 4.78 is 6.58. The van der Waals surface area contributed by atoms with Crippen LogP contribution in [0.2, 0.25) is 0 Å². The molecule has 0 aliphatic carbocycles. The summed E-state index contributed by atoms with van der Waals surface area (Å²) in [5.74, 6) is -1.53. The van der Waals surface area contributed by atoms with Crippen LogP contribution in [0.15, 0.2) is 53.9 Å². The predicted octanol–water partition coefficient (Wildman–Crippen LogP) is 3.10. The van der Waals surface area contributed by atoms with E-state index < -0.39 is 12.6 Å². The van der Waals surface area contributed by atoms with Gasteiger partial charge in [0.25, 0.3) is 11.8 Å². The monoisotopic (exact) mass is 453 g/mol. The lowest BCUT2D eigenvalue weighted by atomic mass is 10.1. The van der Waals surface area contributed by atoms with Crippen LogP contribution in [0.25, 0.3) is 0 Å². The van der Waals surface area contributed by atoms with Crippen molar-refractivity contribution in [1.82, 2.24) is 9.99 Å². The first-order valence-electron chi connectivity index (χ1n) is 9.92. The second-order valence-corrected chi connectivity index (χ2v) is 7.94. The zero-order valence-corrected chi connectivity index (χ0v) is 18.5.